The Morgan fingerprint density at radius 3 is 2.44 bits per heavy atom. The van der Waals surface area contributed by atoms with Gasteiger partial charge < -0.3 is 5.32 Å². The first-order valence-electron chi connectivity index (χ1n) is 7.30. The van der Waals surface area contributed by atoms with Gasteiger partial charge in [0.15, 0.2) is 0 Å². The molecule has 6 heteroatoms. The average Bonchev–Trinajstić information content (AvgIpc) is 2.62. The number of pyridine rings is 1. The normalized spacial score (nSPS) is 10.1. The summed E-state index contributed by atoms with van der Waals surface area (Å²) >= 11 is 12.1. The van der Waals surface area contributed by atoms with Gasteiger partial charge in [0.1, 0.15) is 6.07 Å². The molecule has 0 saturated heterocycles. The van der Waals surface area contributed by atoms with Crippen molar-refractivity contribution in [1.82, 2.24) is 4.98 Å². The number of aromatic nitrogens is 1. The molecule has 0 spiro atoms. The molecule has 1 amide bonds. The van der Waals surface area contributed by atoms with E-state index in [0.29, 0.717) is 32.6 Å². The molecule has 1 N–H and O–H groups in total. The van der Waals surface area contributed by atoms with Gasteiger partial charge in [0.25, 0.3) is 5.91 Å². The number of hydrogen-bond donors (Lipinski definition) is 1. The standard InChI is InChI=1S/C19H11Cl2N3O/c20-16-2-1-9-23-18(16)12-3-5-13(6-4-12)19(25)24-15-8-7-14(11-22)17(21)10-15/h1-10H,(H,24,25). The van der Waals surface area contributed by atoms with Crippen LogP contribution in [0.2, 0.25) is 10.0 Å². The largest absolute Gasteiger partial charge is 0.322 e. The van der Waals surface area contributed by atoms with Crippen LogP contribution in [0, 0.1) is 11.3 Å². The van der Waals surface area contributed by atoms with Crippen molar-refractivity contribution in [3.63, 3.8) is 0 Å². The van der Waals surface area contributed by atoms with Crippen LogP contribution in [0.5, 0.6) is 0 Å². The molecule has 1 aromatic heterocycles. The second-order valence-corrected chi connectivity index (χ2v) is 5.99. The van der Waals surface area contributed by atoms with Crippen molar-refractivity contribution in [3.05, 3.63) is 82.0 Å². The molecule has 0 bridgehead atoms. The summed E-state index contributed by atoms with van der Waals surface area (Å²) in [6.45, 7) is 0. The Morgan fingerprint density at radius 2 is 1.80 bits per heavy atom. The van der Waals surface area contributed by atoms with E-state index in [2.05, 4.69) is 10.3 Å². The Morgan fingerprint density at radius 1 is 1.04 bits per heavy atom. The van der Waals surface area contributed by atoms with Gasteiger partial charge in [-0.15, -0.1) is 0 Å². The van der Waals surface area contributed by atoms with E-state index in [9.17, 15) is 4.79 Å². The summed E-state index contributed by atoms with van der Waals surface area (Å²) in [7, 11) is 0. The summed E-state index contributed by atoms with van der Waals surface area (Å²) in [5.41, 5.74) is 2.84. The molecule has 0 radical (unpaired) electrons. The summed E-state index contributed by atoms with van der Waals surface area (Å²) < 4.78 is 0. The zero-order valence-corrected chi connectivity index (χ0v) is 14.3. The fraction of sp³-hybridized carbons (Fsp3) is 0. The minimum Gasteiger partial charge on any atom is -0.322 e. The predicted molar refractivity (Wildman–Crippen MR) is 98.8 cm³/mol. The van der Waals surface area contributed by atoms with Crippen LogP contribution < -0.4 is 5.32 Å². The number of carbonyl (C=O) groups excluding carboxylic acids is 1. The number of nitrogens with zero attached hydrogens (tertiary/aromatic N) is 2. The number of hydrogen-bond acceptors (Lipinski definition) is 3. The van der Waals surface area contributed by atoms with Gasteiger partial charge in [0.05, 0.1) is 21.3 Å². The Balaban J connectivity index is 1.78. The molecule has 0 aliphatic heterocycles. The highest BCUT2D eigenvalue weighted by Crippen LogP contribution is 2.25. The fourth-order valence-electron chi connectivity index (χ4n) is 2.26. The van der Waals surface area contributed by atoms with Crippen LogP contribution >= 0.6 is 23.2 Å². The van der Waals surface area contributed by atoms with E-state index < -0.39 is 0 Å². The van der Waals surface area contributed by atoms with Crippen LogP contribution in [-0.4, -0.2) is 10.9 Å². The SMILES string of the molecule is N#Cc1ccc(NC(=O)c2ccc(-c3ncccc3Cl)cc2)cc1Cl. The number of benzene rings is 2. The highest BCUT2D eigenvalue weighted by Gasteiger charge is 2.10. The van der Waals surface area contributed by atoms with E-state index in [1.165, 1.54) is 0 Å². The zero-order valence-electron chi connectivity index (χ0n) is 12.8. The lowest BCUT2D eigenvalue weighted by Gasteiger charge is -2.08. The van der Waals surface area contributed by atoms with E-state index in [1.807, 2.05) is 6.07 Å². The maximum absolute atomic E-state index is 12.3. The first-order chi connectivity index (χ1) is 12.1. The topological polar surface area (TPSA) is 65.8 Å². The second-order valence-electron chi connectivity index (χ2n) is 5.17. The number of anilines is 1. The van der Waals surface area contributed by atoms with Gasteiger partial charge >= 0.3 is 0 Å². The molecule has 122 valence electrons. The van der Waals surface area contributed by atoms with Crippen molar-refractivity contribution in [2.45, 2.75) is 0 Å². The number of carbonyl (C=O) groups is 1. The second kappa shape index (κ2) is 7.35. The lowest BCUT2D eigenvalue weighted by atomic mass is 10.1. The molecule has 0 fully saturated rings. The Labute approximate surface area is 154 Å². The number of nitrogens with one attached hydrogen (secondary N) is 1. The van der Waals surface area contributed by atoms with Gasteiger partial charge in [-0.1, -0.05) is 35.3 Å². The molecule has 0 aliphatic carbocycles. The molecule has 0 unspecified atom stereocenters. The van der Waals surface area contributed by atoms with Crippen LogP contribution in [-0.2, 0) is 0 Å². The first-order valence-corrected chi connectivity index (χ1v) is 8.06. The summed E-state index contributed by atoms with van der Waals surface area (Å²) in [5.74, 6) is -0.278. The van der Waals surface area contributed by atoms with Crippen molar-refractivity contribution >= 4 is 34.8 Å². The number of halogens is 2. The van der Waals surface area contributed by atoms with Crippen molar-refractivity contribution in [2.24, 2.45) is 0 Å². The van der Waals surface area contributed by atoms with Crippen molar-refractivity contribution < 1.29 is 4.79 Å². The van der Waals surface area contributed by atoms with Gasteiger partial charge in [0, 0.05) is 23.0 Å². The molecule has 0 aliphatic rings. The molecule has 0 saturated carbocycles. The molecule has 0 atom stereocenters. The van der Waals surface area contributed by atoms with E-state index in [1.54, 1.807) is 60.8 Å². The summed E-state index contributed by atoms with van der Waals surface area (Å²) in [5, 5.41) is 12.5. The molecular formula is C19H11Cl2N3O. The van der Waals surface area contributed by atoms with E-state index in [4.69, 9.17) is 28.5 Å². The van der Waals surface area contributed by atoms with Gasteiger partial charge in [-0.3, -0.25) is 9.78 Å². The number of rotatable bonds is 3. The van der Waals surface area contributed by atoms with Gasteiger partial charge in [-0.2, -0.15) is 5.26 Å². The Hall–Kier alpha value is -2.87. The van der Waals surface area contributed by atoms with Gasteiger partial charge in [0.2, 0.25) is 0 Å². The maximum Gasteiger partial charge on any atom is 0.255 e. The van der Waals surface area contributed by atoms with Crippen molar-refractivity contribution in [2.75, 3.05) is 5.32 Å². The minimum absolute atomic E-state index is 0.278. The summed E-state index contributed by atoms with van der Waals surface area (Å²) in [6, 6.07) is 17.2. The fourth-order valence-corrected chi connectivity index (χ4v) is 2.72. The van der Waals surface area contributed by atoms with E-state index in [0.717, 1.165) is 5.56 Å². The highest BCUT2D eigenvalue weighted by atomic mass is 35.5. The van der Waals surface area contributed by atoms with Crippen LogP contribution in [0.25, 0.3) is 11.3 Å². The smallest absolute Gasteiger partial charge is 0.255 e. The summed E-state index contributed by atoms with van der Waals surface area (Å²) in [4.78, 5) is 16.6. The predicted octanol–water partition coefficient (Wildman–Crippen LogP) is 5.18. The molecule has 3 aromatic rings. The molecule has 4 nitrogen and oxygen atoms in total. The highest BCUT2D eigenvalue weighted by molar-refractivity contribution is 6.33. The molecule has 2 aromatic carbocycles. The molecule has 25 heavy (non-hydrogen) atoms. The van der Waals surface area contributed by atoms with Crippen LogP contribution in [0.1, 0.15) is 15.9 Å². The zero-order chi connectivity index (χ0) is 17.8. The van der Waals surface area contributed by atoms with Crippen LogP contribution in [0.3, 0.4) is 0 Å². The quantitative estimate of drug-likeness (QED) is 0.693. The molecule has 1 heterocycles. The first kappa shape index (κ1) is 17.0. The Bertz CT molecular complexity index is 979. The van der Waals surface area contributed by atoms with Gasteiger partial charge in [-0.05, 0) is 42.5 Å². The number of nitriles is 1. The van der Waals surface area contributed by atoms with Crippen LogP contribution in [0.15, 0.2) is 60.8 Å². The van der Waals surface area contributed by atoms with Crippen LogP contribution in [0.4, 0.5) is 5.69 Å². The third-order valence-electron chi connectivity index (χ3n) is 3.53. The van der Waals surface area contributed by atoms with E-state index >= 15 is 0 Å². The molecule has 3 rings (SSSR count). The third-order valence-corrected chi connectivity index (χ3v) is 4.14. The lowest BCUT2D eigenvalue weighted by Crippen LogP contribution is -2.11. The number of amides is 1. The molecular weight excluding hydrogens is 357 g/mol. The lowest BCUT2D eigenvalue weighted by molar-refractivity contribution is 0.102. The van der Waals surface area contributed by atoms with Crippen molar-refractivity contribution in [1.29, 1.82) is 5.26 Å². The minimum atomic E-state index is -0.278. The Kier molecular flexibility index (Phi) is 4.99. The van der Waals surface area contributed by atoms with Gasteiger partial charge in [-0.25, -0.2) is 0 Å². The summed E-state index contributed by atoms with van der Waals surface area (Å²) in [6.07, 6.45) is 1.66. The van der Waals surface area contributed by atoms with E-state index in [-0.39, 0.29) is 5.91 Å². The average molecular weight is 368 g/mol. The monoisotopic (exact) mass is 367 g/mol. The van der Waals surface area contributed by atoms with Crippen molar-refractivity contribution in [3.8, 4) is 17.3 Å². The third kappa shape index (κ3) is 3.80. The maximum atomic E-state index is 12.3.